The smallest absolute Gasteiger partial charge is 0.410 e. The van der Waals surface area contributed by atoms with E-state index in [2.05, 4.69) is 20.9 Å². The van der Waals surface area contributed by atoms with E-state index in [4.69, 9.17) is 4.74 Å². The molecule has 1 aliphatic heterocycles. The fourth-order valence-electron chi connectivity index (χ4n) is 4.27. The fourth-order valence-corrected chi connectivity index (χ4v) is 4.74. The highest BCUT2D eigenvalue weighted by Crippen LogP contribution is 2.50. The second-order valence-corrected chi connectivity index (χ2v) is 9.81. The Hall–Kier alpha value is -1.08. The highest BCUT2D eigenvalue weighted by molar-refractivity contribution is 9.10. The van der Waals surface area contributed by atoms with Crippen molar-refractivity contribution in [3.8, 4) is 0 Å². The van der Waals surface area contributed by atoms with Gasteiger partial charge in [-0.1, -0.05) is 0 Å². The molecule has 26 heavy (non-hydrogen) atoms. The largest absolute Gasteiger partial charge is 0.444 e. The van der Waals surface area contributed by atoms with E-state index in [9.17, 15) is 9.90 Å². The van der Waals surface area contributed by atoms with E-state index >= 15 is 0 Å². The van der Waals surface area contributed by atoms with Crippen molar-refractivity contribution in [2.45, 2.75) is 70.5 Å². The molecule has 1 saturated heterocycles. The molecule has 0 aromatic carbocycles. The summed E-state index contributed by atoms with van der Waals surface area (Å²) >= 11 is 3.39. The first-order valence-electron chi connectivity index (χ1n) is 9.42. The third-order valence-corrected chi connectivity index (χ3v) is 6.26. The number of carbonyl (C=O) groups is 1. The van der Waals surface area contributed by atoms with Gasteiger partial charge in [0.25, 0.3) is 0 Å². The number of rotatable bonds is 1. The average molecular weight is 428 g/mol. The van der Waals surface area contributed by atoms with E-state index in [-0.39, 0.29) is 11.5 Å². The van der Waals surface area contributed by atoms with E-state index in [0.29, 0.717) is 0 Å². The average Bonchev–Trinajstić information content (AvgIpc) is 2.89. The molecule has 0 atom stereocenters. The van der Waals surface area contributed by atoms with Gasteiger partial charge in [-0.25, -0.2) is 9.78 Å². The molecule has 0 radical (unpaired) electrons. The van der Waals surface area contributed by atoms with Crippen LogP contribution in [0.15, 0.2) is 10.8 Å². The number of aromatic nitrogens is 2. The molecule has 7 heteroatoms. The van der Waals surface area contributed by atoms with Crippen LogP contribution in [0.5, 0.6) is 0 Å². The van der Waals surface area contributed by atoms with Crippen molar-refractivity contribution in [1.82, 2.24) is 14.5 Å². The molecule has 1 aromatic heterocycles. The molecular formula is C19H30BrN3O3. The van der Waals surface area contributed by atoms with Gasteiger partial charge in [-0.15, -0.1) is 0 Å². The lowest BCUT2D eigenvalue weighted by Gasteiger charge is -2.48. The first-order chi connectivity index (χ1) is 12.0. The van der Waals surface area contributed by atoms with Gasteiger partial charge in [-0.2, -0.15) is 0 Å². The third kappa shape index (κ3) is 4.09. The van der Waals surface area contributed by atoms with Crippen molar-refractivity contribution in [3.05, 3.63) is 16.6 Å². The van der Waals surface area contributed by atoms with Crippen LogP contribution in [0.3, 0.4) is 0 Å². The number of likely N-dealkylation sites (tertiary alicyclic amines) is 1. The Morgan fingerprint density at radius 2 is 1.77 bits per heavy atom. The second-order valence-electron chi connectivity index (χ2n) is 9.00. The number of carbonyl (C=O) groups excluding carboxylic acids is 1. The molecule has 1 aliphatic carbocycles. The van der Waals surface area contributed by atoms with Crippen molar-refractivity contribution in [3.63, 3.8) is 0 Å². The van der Waals surface area contributed by atoms with Gasteiger partial charge in [-0.05, 0) is 80.6 Å². The van der Waals surface area contributed by atoms with E-state index in [0.717, 1.165) is 62.0 Å². The number of hydrogen-bond donors (Lipinski definition) is 1. The Labute approximate surface area is 164 Å². The Bertz CT molecular complexity index is 662. The summed E-state index contributed by atoms with van der Waals surface area (Å²) in [5.74, 6) is 0.741. The van der Waals surface area contributed by atoms with Crippen molar-refractivity contribution in [1.29, 1.82) is 0 Å². The number of imidazole rings is 1. The van der Waals surface area contributed by atoms with Gasteiger partial charge < -0.3 is 19.3 Å². The van der Waals surface area contributed by atoms with Crippen molar-refractivity contribution >= 4 is 22.0 Å². The maximum atomic E-state index is 12.3. The molecule has 2 fully saturated rings. The zero-order chi connectivity index (χ0) is 19.2. The van der Waals surface area contributed by atoms with Crippen molar-refractivity contribution in [2.24, 2.45) is 12.5 Å². The van der Waals surface area contributed by atoms with Gasteiger partial charge in [0.15, 0.2) is 0 Å². The van der Waals surface area contributed by atoms with Gasteiger partial charge in [0, 0.05) is 26.3 Å². The predicted octanol–water partition coefficient (Wildman–Crippen LogP) is 3.96. The van der Waals surface area contributed by atoms with Crippen LogP contribution < -0.4 is 0 Å². The number of amides is 1. The predicted molar refractivity (Wildman–Crippen MR) is 103 cm³/mol. The van der Waals surface area contributed by atoms with E-state index in [1.54, 1.807) is 0 Å². The maximum absolute atomic E-state index is 12.3. The zero-order valence-electron chi connectivity index (χ0n) is 16.2. The minimum Gasteiger partial charge on any atom is -0.444 e. The number of hydrogen-bond acceptors (Lipinski definition) is 4. The summed E-state index contributed by atoms with van der Waals surface area (Å²) in [6, 6.07) is 0. The molecule has 1 saturated carbocycles. The molecule has 0 unspecified atom stereocenters. The van der Waals surface area contributed by atoms with Crippen molar-refractivity contribution < 1.29 is 14.6 Å². The number of aliphatic hydroxyl groups is 1. The molecule has 0 bridgehead atoms. The molecule has 1 amide bonds. The molecule has 146 valence electrons. The topological polar surface area (TPSA) is 67.6 Å². The molecule has 1 spiro atoms. The summed E-state index contributed by atoms with van der Waals surface area (Å²) in [7, 11) is 1.93. The first kappa shape index (κ1) is 19.7. The van der Waals surface area contributed by atoms with Gasteiger partial charge in [0.05, 0.1) is 0 Å². The Morgan fingerprint density at radius 1 is 1.19 bits per heavy atom. The quantitative estimate of drug-likeness (QED) is 0.735. The SMILES string of the molecule is Cn1cc(Br)nc1C1(O)CCC2(CCN(C(=O)OC(C)(C)C)CC2)CC1. The number of aryl methyl sites for hydroxylation is 1. The van der Waals surface area contributed by atoms with E-state index in [1.165, 1.54) is 0 Å². The summed E-state index contributed by atoms with van der Waals surface area (Å²) in [5.41, 5.74) is -1.08. The van der Waals surface area contributed by atoms with Crippen LogP contribution in [0, 0.1) is 5.41 Å². The summed E-state index contributed by atoms with van der Waals surface area (Å²) in [5, 5.41) is 11.1. The molecular weight excluding hydrogens is 398 g/mol. The van der Waals surface area contributed by atoms with Gasteiger partial charge in [-0.3, -0.25) is 0 Å². The Morgan fingerprint density at radius 3 is 2.23 bits per heavy atom. The standard InChI is InChI=1S/C19H30BrN3O3/c1-17(2,3)26-16(24)23-11-9-18(10-12-23)5-7-19(25,8-6-18)15-21-14(20)13-22(15)4/h13,25H,5-12H2,1-4H3. The highest BCUT2D eigenvalue weighted by Gasteiger charge is 2.46. The molecule has 2 heterocycles. The molecule has 1 N–H and O–H groups in total. The van der Waals surface area contributed by atoms with Crippen LogP contribution in [0.1, 0.15) is 65.1 Å². The second kappa shape index (κ2) is 6.82. The highest BCUT2D eigenvalue weighted by atomic mass is 79.9. The van der Waals surface area contributed by atoms with Gasteiger partial charge >= 0.3 is 6.09 Å². The minimum atomic E-state index is -0.853. The number of halogens is 1. The summed E-state index contributed by atoms with van der Waals surface area (Å²) in [6.45, 7) is 7.17. The lowest BCUT2D eigenvalue weighted by atomic mass is 9.64. The number of nitrogens with zero attached hydrogens (tertiary/aromatic N) is 3. The molecule has 3 rings (SSSR count). The maximum Gasteiger partial charge on any atom is 0.410 e. The summed E-state index contributed by atoms with van der Waals surface area (Å²) in [4.78, 5) is 18.6. The Balaban J connectivity index is 1.59. The normalized spacial score (nSPS) is 22.5. The Kier molecular flexibility index (Phi) is 5.16. The van der Waals surface area contributed by atoms with Crippen molar-refractivity contribution in [2.75, 3.05) is 13.1 Å². The van der Waals surface area contributed by atoms with Crippen LogP contribution in [0.4, 0.5) is 4.79 Å². The summed E-state index contributed by atoms with van der Waals surface area (Å²) in [6.07, 6.45) is 7.01. The van der Waals surface area contributed by atoms with Gasteiger partial charge in [0.2, 0.25) is 0 Å². The van der Waals surface area contributed by atoms with Crippen LogP contribution in [0.25, 0.3) is 0 Å². The first-order valence-corrected chi connectivity index (χ1v) is 10.2. The number of ether oxygens (including phenoxy) is 1. The summed E-state index contributed by atoms with van der Waals surface area (Å²) < 4.78 is 8.16. The lowest BCUT2D eigenvalue weighted by Crippen LogP contribution is -2.48. The number of piperidine rings is 1. The van der Waals surface area contributed by atoms with Crippen LogP contribution >= 0.6 is 15.9 Å². The third-order valence-electron chi connectivity index (χ3n) is 5.88. The van der Waals surface area contributed by atoms with E-state index in [1.807, 2.05) is 43.5 Å². The molecule has 6 nitrogen and oxygen atoms in total. The van der Waals surface area contributed by atoms with Crippen LogP contribution in [-0.2, 0) is 17.4 Å². The lowest BCUT2D eigenvalue weighted by molar-refractivity contribution is -0.0646. The molecule has 1 aromatic rings. The van der Waals surface area contributed by atoms with Crippen LogP contribution in [-0.4, -0.2) is 44.3 Å². The minimum absolute atomic E-state index is 0.211. The monoisotopic (exact) mass is 427 g/mol. The fraction of sp³-hybridized carbons (Fsp3) is 0.789. The van der Waals surface area contributed by atoms with E-state index < -0.39 is 11.2 Å². The van der Waals surface area contributed by atoms with Crippen LogP contribution in [0.2, 0.25) is 0 Å². The van der Waals surface area contributed by atoms with Gasteiger partial charge in [0.1, 0.15) is 21.6 Å². The molecule has 2 aliphatic rings. The zero-order valence-corrected chi connectivity index (χ0v) is 17.8.